The van der Waals surface area contributed by atoms with Gasteiger partial charge in [-0.3, -0.25) is 0 Å². The highest BCUT2D eigenvalue weighted by Crippen LogP contribution is 2.32. The normalized spacial score (nSPS) is 9.94. The van der Waals surface area contributed by atoms with E-state index in [4.69, 9.17) is 34.7 Å². The molecule has 0 aliphatic heterocycles. The fourth-order valence-corrected chi connectivity index (χ4v) is 1.92. The summed E-state index contributed by atoms with van der Waals surface area (Å²) in [6.07, 6.45) is 0. The first-order chi connectivity index (χ1) is 7.99. The topological polar surface area (TPSA) is 77.8 Å². The molecule has 96 valence electrons. The van der Waals surface area contributed by atoms with Crippen LogP contribution in [0.3, 0.4) is 0 Å². The van der Waals surface area contributed by atoms with Crippen molar-refractivity contribution >= 4 is 47.4 Å². The van der Waals surface area contributed by atoms with Gasteiger partial charge in [0, 0.05) is 5.56 Å². The zero-order chi connectivity index (χ0) is 12.6. The van der Waals surface area contributed by atoms with Gasteiger partial charge in [0.15, 0.2) is 0 Å². The number of aryl methyl sites for hydroxylation is 1. The second-order valence-electron chi connectivity index (χ2n) is 3.56. The van der Waals surface area contributed by atoms with E-state index in [0.29, 0.717) is 21.6 Å². The molecular weight excluding hydrogens is 295 g/mol. The number of hydrogen-bond donors (Lipinski definition) is 2. The van der Waals surface area contributed by atoms with Crippen LogP contribution in [0, 0.1) is 6.92 Å². The Morgan fingerprint density at radius 3 is 2.28 bits per heavy atom. The van der Waals surface area contributed by atoms with Gasteiger partial charge in [-0.15, -0.1) is 12.4 Å². The Morgan fingerprint density at radius 2 is 1.72 bits per heavy atom. The molecule has 7 heteroatoms. The number of halogens is 3. The van der Waals surface area contributed by atoms with E-state index in [1.54, 1.807) is 12.1 Å². The van der Waals surface area contributed by atoms with Crippen LogP contribution in [0.4, 0.5) is 11.8 Å². The van der Waals surface area contributed by atoms with Crippen molar-refractivity contribution in [1.82, 2.24) is 9.97 Å². The largest absolute Gasteiger partial charge is 0.383 e. The number of nitrogens with two attached hydrogens (primary N) is 2. The van der Waals surface area contributed by atoms with Crippen molar-refractivity contribution in [3.63, 3.8) is 0 Å². The van der Waals surface area contributed by atoms with E-state index in [9.17, 15) is 0 Å². The molecule has 0 unspecified atom stereocenters. The monoisotopic (exact) mass is 304 g/mol. The summed E-state index contributed by atoms with van der Waals surface area (Å²) in [7, 11) is 0. The quantitative estimate of drug-likeness (QED) is 0.847. The van der Waals surface area contributed by atoms with Crippen LogP contribution in [0.2, 0.25) is 10.0 Å². The molecule has 4 N–H and O–H groups in total. The highest BCUT2D eigenvalue weighted by atomic mass is 35.5. The van der Waals surface area contributed by atoms with Crippen molar-refractivity contribution in [2.75, 3.05) is 11.5 Å². The SMILES string of the molecule is Cc1nc(N)nc(N)c1-c1ccc(Cl)c(Cl)c1.Cl. The summed E-state index contributed by atoms with van der Waals surface area (Å²) >= 11 is 11.8. The standard InChI is InChI=1S/C11H10Cl2N4.ClH/c1-5-9(10(14)17-11(15)16-5)6-2-3-7(12)8(13)4-6;/h2-4H,1H3,(H4,14,15,16,17);1H. The first-order valence-corrected chi connectivity index (χ1v) is 5.59. The number of nitrogen functional groups attached to an aromatic ring is 2. The maximum absolute atomic E-state index is 5.96. The molecule has 0 aliphatic carbocycles. The molecule has 1 aromatic carbocycles. The van der Waals surface area contributed by atoms with Gasteiger partial charge in [0.25, 0.3) is 0 Å². The first kappa shape index (κ1) is 14.8. The highest BCUT2D eigenvalue weighted by molar-refractivity contribution is 6.42. The van der Waals surface area contributed by atoms with Crippen molar-refractivity contribution in [3.8, 4) is 11.1 Å². The second kappa shape index (κ2) is 5.61. The lowest BCUT2D eigenvalue weighted by Crippen LogP contribution is -2.04. The molecule has 4 nitrogen and oxygen atoms in total. The minimum Gasteiger partial charge on any atom is -0.383 e. The molecule has 0 fully saturated rings. The van der Waals surface area contributed by atoms with Crippen molar-refractivity contribution in [2.24, 2.45) is 0 Å². The zero-order valence-corrected chi connectivity index (χ0v) is 11.8. The van der Waals surface area contributed by atoms with Crippen molar-refractivity contribution < 1.29 is 0 Å². The van der Waals surface area contributed by atoms with Gasteiger partial charge in [-0.05, 0) is 24.6 Å². The van der Waals surface area contributed by atoms with E-state index in [-0.39, 0.29) is 18.4 Å². The van der Waals surface area contributed by atoms with Gasteiger partial charge in [-0.25, -0.2) is 4.98 Å². The van der Waals surface area contributed by atoms with Crippen molar-refractivity contribution in [3.05, 3.63) is 33.9 Å². The summed E-state index contributed by atoms with van der Waals surface area (Å²) in [6.45, 7) is 1.81. The third-order valence-corrected chi connectivity index (χ3v) is 3.08. The number of anilines is 2. The van der Waals surface area contributed by atoms with Crippen LogP contribution >= 0.6 is 35.6 Å². The minimum absolute atomic E-state index is 0. The Balaban J connectivity index is 0.00000162. The Morgan fingerprint density at radius 1 is 1.06 bits per heavy atom. The van der Waals surface area contributed by atoms with Gasteiger partial charge in [0.2, 0.25) is 5.95 Å². The summed E-state index contributed by atoms with van der Waals surface area (Å²) in [5, 5.41) is 0.947. The lowest BCUT2D eigenvalue weighted by Gasteiger charge is -2.09. The average Bonchev–Trinajstić information content (AvgIpc) is 2.21. The Labute approximate surface area is 121 Å². The molecule has 18 heavy (non-hydrogen) atoms. The number of benzene rings is 1. The molecule has 0 amide bonds. The fourth-order valence-electron chi connectivity index (χ4n) is 1.63. The lowest BCUT2D eigenvalue weighted by atomic mass is 10.1. The third-order valence-electron chi connectivity index (χ3n) is 2.34. The summed E-state index contributed by atoms with van der Waals surface area (Å²) in [5.74, 6) is 0.484. The molecule has 0 bridgehead atoms. The lowest BCUT2D eigenvalue weighted by molar-refractivity contribution is 1.13. The van der Waals surface area contributed by atoms with Gasteiger partial charge in [0.05, 0.1) is 15.7 Å². The molecule has 0 saturated heterocycles. The van der Waals surface area contributed by atoms with Gasteiger partial charge in [-0.2, -0.15) is 4.98 Å². The Kier molecular flexibility index (Phi) is 4.62. The zero-order valence-electron chi connectivity index (χ0n) is 9.45. The van der Waals surface area contributed by atoms with E-state index in [2.05, 4.69) is 9.97 Å². The van der Waals surface area contributed by atoms with Gasteiger partial charge in [0.1, 0.15) is 5.82 Å². The summed E-state index contributed by atoms with van der Waals surface area (Å²) < 4.78 is 0. The summed E-state index contributed by atoms with van der Waals surface area (Å²) in [6, 6.07) is 5.24. The molecule has 2 aromatic rings. The molecule has 1 aromatic heterocycles. The van der Waals surface area contributed by atoms with E-state index in [1.165, 1.54) is 0 Å². The average molecular weight is 306 g/mol. The maximum atomic E-state index is 5.96. The number of aromatic nitrogens is 2. The van der Waals surface area contributed by atoms with Crippen LogP contribution in [0.5, 0.6) is 0 Å². The van der Waals surface area contributed by atoms with E-state index in [0.717, 1.165) is 11.1 Å². The second-order valence-corrected chi connectivity index (χ2v) is 4.37. The summed E-state index contributed by atoms with van der Waals surface area (Å²) in [5.41, 5.74) is 13.6. The molecule has 0 radical (unpaired) electrons. The highest BCUT2D eigenvalue weighted by Gasteiger charge is 2.11. The van der Waals surface area contributed by atoms with Crippen LogP contribution in [0.25, 0.3) is 11.1 Å². The smallest absolute Gasteiger partial charge is 0.222 e. The molecule has 2 rings (SSSR count). The Bertz CT molecular complexity index is 563. The van der Waals surface area contributed by atoms with Crippen LogP contribution in [0.15, 0.2) is 18.2 Å². The maximum Gasteiger partial charge on any atom is 0.222 e. The third kappa shape index (κ3) is 2.77. The molecular formula is C11H11Cl3N4. The van der Waals surface area contributed by atoms with Crippen molar-refractivity contribution in [2.45, 2.75) is 6.92 Å². The van der Waals surface area contributed by atoms with Crippen LogP contribution in [-0.4, -0.2) is 9.97 Å². The first-order valence-electron chi connectivity index (χ1n) is 4.84. The number of nitrogens with zero attached hydrogens (tertiary/aromatic N) is 2. The molecule has 0 aliphatic rings. The number of hydrogen-bond acceptors (Lipinski definition) is 4. The van der Waals surface area contributed by atoms with Crippen LogP contribution in [-0.2, 0) is 0 Å². The molecule has 0 saturated carbocycles. The predicted octanol–water partition coefficient (Wildman–Crippen LogP) is 3.35. The van der Waals surface area contributed by atoms with Gasteiger partial charge < -0.3 is 11.5 Å². The number of rotatable bonds is 1. The molecule has 0 spiro atoms. The summed E-state index contributed by atoms with van der Waals surface area (Å²) in [4.78, 5) is 8.00. The van der Waals surface area contributed by atoms with Crippen molar-refractivity contribution in [1.29, 1.82) is 0 Å². The van der Waals surface area contributed by atoms with Crippen LogP contribution in [0.1, 0.15) is 5.69 Å². The van der Waals surface area contributed by atoms with E-state index >= 15 is 0 Å². The van der Waals surface area contributed by atoms with Crippen LogP contribution < -0.4 is 11.5 Å². The molecule has 1 heterocycles. The molecule has 0 atom stereocenters. The minimum atomic E-state index is 0. The van der Waals surface area contributed by atoms with E-state index in [1.807, 2.05) is 13.0 Å². The Hall–Kier alpha value is -1.23. The van der Waals surface area contributed by atoms with Gasteiger partial charge in [-0.1, -0.05) is 29.3 Å². The van der Waals surface area contributed by atoms with Gasteiger partial charge >= 0.3 is 0 Å². The predicted molar refractivity (Wildman–Crippen MR) is 78.3 cm³/mol. The van der Waals surface area contributed by atoms with E-state index < -0.39 is 0 Å². The fraction of sp³-hybridized carbons (Fsp3) is 0.0909.